The monoisotopic (exact) mass is 329 g/mol. The van der Waals surface area contributed by atoms with Gasteiger partial charge >= 0.3 is 0 Å². The highest BCUT2D eigenvalue weighted by Crippen LogP contribution is 2.26. The van der Waals surface area contributed by atoms with Crippen molar-refractivity contribution in [1.29, 1.82) is 0 Å². The highest BCUT2D eigenvalue weighted by atomic mass is 16.2. The van der Waals surface area contributed by atoms with Crippen LogP contribution in [0.25, 0.3) is 0 Å². The summed E-state index contributed by atoms with van der Waals surface area (Å²) in [7, 11) is 0. The Morgan fingerprint density at radius 1 is 1.21 bits per heavy atom. The molecule has 0 saturated heterocycles. The van der Waals surface area contributed by atoms with E-state index in [-0.39, 0.29) is 5.56 Å². The summed E-state index contributed by atoms with van der Waals surface area (Å²) in [4.78, 5) is 24.3. The van der Waals surface area contributed by atoms with Gasteiger partial charge in [0, 0.05) is 11.8 Å². The minimum Gasteiger partial charge on any atom is -0.305 e. The molecule has 24 heavy (non-hydrogen) atoms. The van der Waals surface area contributed by atoms with E-state index in [4.69, 9.17) is 0 Å². The molecule has 2 aromatic heterocycles. The third kappa shape index (κ3) is 3.55. The molecule has 1 aliphatic carbocycles. The fourth-order valence-corrected chi connectivity index (χ4v) is 3.31. The Labute approximate surface area is 140 Å². The van der Waals surface area contributed by atoms with Gasteiger partial charge in [-0.3, -0.25) is 14.7 Å². The van der Waals surface area contributed by atoms with Crippen molar-refractivity contribution in [2.24, 2.45) is 5.92 Å². The molecule has 2 aromatic rings. The Balaban J connectivity index is 1.69. The molecular formula is C17H23N5O2. The lowest BCUT2D eigenvalue weighted by molar-refractivity contribution is 0.102. The molecule has 0 aliphatic heterocycles. The SMILES string of the molecule is Cc1n[nH]c(=O)c(C(=O)Nc2cc(CC3CCCCC3)[nH]n2)c1C. The van der Waals surface area contributed by atoms with Crippen LogP contribution in [0.5, 0.6) is 0 Å². The first-order chi connectivity index (χ1) is 11.5. The summed E-state index contributed by atoms with van der Waals surface area (Å²) in [5.41, 5.74) is 1.82. The molecule has 3 rings (SSSR count). The molecule has 0 radical (unpaired) electrons. The second kappa shape index (κ2) is 6.98. The van der Waals surface area contributed by atoms with E-state index in [1.807, 2.05) is 6.07 Å². The van der Waals surface area contributed by atoms with Gasteiger partial charge in [-0.1, -0.05) is 32.1 Å². The zero-order chi connectivity index (χ0) is 17.1. The fourth-order valence-electron chi connectivity index (χ4n) is 3.31. The number of carbonyl (C=O) groups is 1. The van der Waals surface area contributed by atoms with Gasteiger partial charge in [0.1, 0.15) is 5.56 Å². The van der Waals surface area contributed by atoms with E-state index in [1.165, 1.54) is 32.1 Å². The normalized spacial score (nSPS) is 15.4. The van der Waals surface area contributed by atoms with Gasteiger partial charge in [-0.15, -0.1) is 0 Å². The third-order valence-corrected chi connectivity index (χ3v) is 4.80. The molecular weight excluding hydrogens is 306 g/mol. The zero-order valence-corrected chi connectivity index (χ0v) is 14.1. The maximum absolute atomic E-state index is 12.4. The third-order valence-electron chi connectivity index (χ3n) is 4.80. The van der Waals surface area contributed by atoms with Crippen molar-refractivity contribution in [2.45, 2.75) is 52.4 Å². The van der Waals surface area contributed by atoms with Crippen LogP contribution in [0.3, 0.4) is 0 Å². The van der Waals surface area contributed by atoms with Crippen LogP contribution in [0.15, 0.2) is 10.9 Å². The number of aromatic nitrogens is 4. The lowest BCUT2D eigenvalue weighted by Gasteiger charge is -2.20. The molecule has 7 nitrogen and oxygen atoms in total. The zero-order valence-electron chi connectivity index (χ0n) is 14.1. The van der Waals surface area contributed by atoms with Crippen LogP contribution in [0.1, 0.15) is 59.4 Å². The number of carbonyl (C=O) groups excluding carboxylic acids is 1. The predicted molar refractivity (Wildman–Crippen MR) is 91.2 cm³/mol. The van der Waals surface area contributed by atoms with Crippen molar-refractivity contribution in [1.82, 2.24) is 20.4 Å². The number of aromatic amines is 2. The first kappa shape index (κ1) is 16.4. The predicted octanol–water partition coefficient (Wildman–Crippen LogP) is 2.48. The first-order valence-electron chi connectivity index (χ1n) is 8.46. The number of H-pyrrole nitrogens is 2. The van der Waals surface area contributed by atoms with Crippen LogP contribution in [-0.4, -0.2) is 26.3 Å². The van der Waals surface area contributed by atoms with Gasteiger partial charge in [0.15, 0.2) is 5.82 Å². The van der Waals surface area contributed by atoms with Crippen LogP contribution in [0.4, 0.5) is 5.82 Å². The lowest BCUT2D eigenvalue weighted by Crippen LogP contribution is -2.26. The lowest BCUT2D eigenvalue weighted by atomic mass is 9.86. The van der Waals surface area contributed by atoms with Gasteiger partial charge in [-0.05, 0) is 31.7 Å². The number of hydrogen-bond acceptors (Lipinski definition) is 4. The Hall–Kier alpha value is -2.44. The number of rotatable bonds is 4. The first-order valence-corrected chi connectivity index (χ1v) is 8.46. The van der Waals surface area contributed by atoms with E-state index >= 15 is 0 Å². The van der Waals surface area contributed by atoms with Crippen molar-refractivity contribution >= 4 is 11.7 Å². The number of amides is 1. The van der Waals surface area contributed by atoms with Crippen molar-refractivity contribution in [3.63, 3.8) is 0 Å². The summed E-state index contributed by atoms with van der Waals surface area (Å²) in [5, 5.41) is 16.0. The number of hydrogen-bond donors (Lipinski definition) is 3. The van der Waals surface area contributed by atoms with E-state index in [0.29, 0.717) is 23.0 Å². The number of nitrogens with one attached hydrogen (secondary N) is 3. The van der Waals surface area contributed by atoms with Gasteiger partial charge in [-0.25, -0.2) is 5.10 Å². The maximum Gasteiger partial charge on any atom is 0.277 e. The smallest absolute Gasteiger partial charge is 0.277 e. The largest absolute Gasteiger partial charge is 0.305 e. The molecule has 2 heterocycles. The molecule has 1 fully saturated rings. The summed E-state index contributed by atoms with van der Waals surface area (Å²) in [6.45, 7) is 3.46. The van der Waals surface area contributed by atoms with Gasteiger partial charge in [0.05, 0.1) is 5.69 Å². The second-order valence-corrected chi connectivity index (χ2v) is 6.58. The summed E-state index contributed by atoms with van der Waals surface area (Å²) in [5.74, 6) is 0.671. The Morgan fingerprint density at radius 2 is 1.96 bits per heavy atom. The molecule has 7 heteroatoms. The highest BCUT2D eigenvalue weighted by molar-refractivity contribution is 6.04. The quantitative estimate of drug-likeness (QED) is 0.801. The molecule has 0 spiro atoms. The van der Waals surface area contributed by atoms with E-state index in [1.54, 1.807) is 13.8 Å². The Bertz CT molecular complexity index is 787. The van der Waals surface area contributed by atoms with E-state index < -0.39 is 11.5 Å². The van der Waals surface area contributed by atoms with Crippen molar-refractivity contribution in [2.75, 3.05) is 5.32 Å². The van der Waals surface area contributed by atoms with Gasteiger partial charge < -0.3 is 5.32 Å². The molecule has 1 aliphatic rings. The standard InChI is InChI=1S/C17H23N5O2/c1-10-11(2)19-22-17(24)15(10)16(23)18-14-9-13(20-21-14)8-12-6-4-3-5-7-12/h9,12H,3-8H2,1-2H3,(H,22,24)(H2,18,20,21,23). The van der Waals surface area contributed by atoms with Crippen LogP contribution in [-0.2, 0) is 6.42 Å². The average molecular weight is 329 g/mol. The van der Waals surface area contributed by atoms with E-state index in [2.05, 4.69) is 25.7 Å². The number of aryl methyl sites for hydroxylation is 1. The van der Waals surface area contributed by atoms with E-state index in [9.17, 15) is 9.59 Å². The van der Waals surface area contributed by atoms with Gasteiger partial charge in [0.2, 0.25) is 0 Å². The number of anilines is 1. The molecule has 0 aromatic carbocycles. The second-order valence-electron chi connectivity index (χ2n) is 6.58. The van der Waals surface area contributed by atoms with Crippen LogP contribution < -0.4 is 10.9 Å². The molecule has 128 valence electrons. The summed E-state index contributed by atoms with van der Waals surface area (Å²) in [6.07, 6.45) is 7.39. The molecule has 1 saturated carbocycles. The summed E-state index contributed by atoms with van der Waals surface area (Å²) in [6, 6.07) is 1.85. The minimum atomic E-state index is -0.492. The molecule has 0 unspecified atom stereocenters. The highest BCUT2D eigenvalue weighted by Gasteiger charge is 2.18. The summed E-state index contributed by atoms with van der Waals surface area (Å²) >= 11 is 0. The Morgan fingerprint density at radius 3 is 2.71 bits per heavy atom. The topological polar surface area (TPSA) is 104 Å². The molecule has 1 amide bonds. The Kier molecular flexibility index (Phi) is 4.78. The number of nitrogens with zero attached hydrogens (tertiary/aromatic N) is 2. The van der Waals surface area contributed by atoms with E-state index in [0.717, 1.165) is 12.1 Å². The maximum atomic E-state index is 12.4. The van der Waals surface area contributed by atoms with Crippen LogP contribution in [0.2, 0.25) is 0 Å². The molecule has 0 atom stereocenters. The minimum absolute atomic E-state index is 0.0827. The summed E-state index contributed by atoms with van der Waals surface area (Å²) < 4.78 is 0. The van der Waals surface area contributed by atoms with Crippen LogP contribution in [0, 0.1) is 19.8 Å². The van der Waals surface area contributed by atoms with Crippen molar-refractivity contribution in [3.8, 4) is 0 Å². The fraction of sp³-hybridized carbons (Fsp3) is 0.529. The van der Waals surface area contributed by atoms with Crippen LogP contribution >= 0.6 is 0 Å². The van der Waals surface area contributed by atoms with Gasteiger partial charge in [0.25, 0.3) is 11.5 Å². The molecule has 0 bridgehead atoms. The van der Waals surface area contributed by atoms with Crippen molar-refractivity contribution < 1.29 is 4.79 Å². The van der Waals surface area contributed by atoms with Gasteiger partial charge in [-0.2, -0.15) is 10.2 Å². The average Bonchev–Trinajstić information content (AvgIpc) is 2.99. The molecule has 3 N–H and O–H groups in total. The van der Waals surface area contributed by atoms with Crippen molar-refractivity contribution in [3.05, 3.63) is 38.9 Å².